The van der Waals surface area contributed by atoms with Gasteiger partial charge in [0.15, 0.2) is 0 Å². The summed E-state index contributed by atoms with van der Waals surface area (Å²) in [6.45, 7) is 3.46. The van der Waals surface area contributed by atoms with Crippen LogP contribution in [0.15, 0.2) is 36.9 Å². The molecule has 1 saturated carbocycles. The van der Waals surface area contributed by atoms with Crippen LogP contribution in [0.5, 0.6) is 0 Å². The van der Waals surface area contributed by atoms with E-state index in [-0.39, 0.29) is 6.10 Å². The molecular formula is C20H26N4O. The fourth-order valence-electron chi connectivity index (χ4n) is 3.89. The molecule has 0 amide bonds. The standard InChI is InChI=1S/C20H26N4O/c1-2-5-17(6-3-1)20-22-11-16(12-23-20)14-24-9-10-25-19(15-24)18-7-4-8-21-13-18/h4,7-8,11-13,17,19H,1-3,5-6,9-10,14-15H2. The van der Waals surface area contributed by atoms with E-state index in [1.54, 1.807) is 6.20 Å². The molecule has 4 rings (SSSR count). The van der Waals surface area contributed by atoms with Crippen LogP contribution >= 0.6 is 0 Å². The van der Waals surface area contributed by atoms with Crippen molar-refractivity contribution in [2.45, 2.75) is 50.7 Å². The lowest BCUT2D eigenvalue weighted by molar-refractivity contribution is -0.0331. The maximum Gasteiger partial charge on any atom is 0.131 e. The highest BCUT2D eigenvalue weighted by Crippen LogP contribution is 2.30. The van der Waals surface area contributed by atoms with Crippen LogP contribution in [0.2, 0.25) is 0 Å². The molecule has 0 N–H and O–H groups in total. The van der Waals surface area contributed by atoms with Gasteiger partial charge in [-0.05, 0) is 18.9 Å². The summed E-state index contributed by atoms with van der Waals surface area (Å²) in [7, 11) is 0. The van der Waals surface area contributed by atoms with Crippen LogP contribution in [-0.2, 0) is 11.3 Å². The van der Waals surface area contributed by atoms with Gasteiger partial charge in [0.05, 0.1) is 12.7 Å². The lowest BCUT2D eigenvalue weighted by atomic mass is 9.89. The number of morpholine rings is 1. The van der Waals surface area contributed by atoms with Crippen molar-refractivity contribution in [1.82, 2.24) is 19.9 Å². The van der Waals surface area contributed by atoms with Crippen LogP contribution in [0.3, 0.4) is 0 Å². The van der Waals surface area contributed by atoms with Gasteiger partial charge in [-0.3, -0.25) is 9.88 Å². The van der Waals surface area contributed by atoms with Crippen molar-refractivity contribution < 1.29 is 4.74 Å². The van der Waals surface area contributed by atoms with Gasteiger partial charge in [-0.15, -0.1) is 0 Å². The highest BCUT2D eigenvalue weighted by Gasteiger charge is 2.23. The second-order valence-corrected chi connectivity index (χ2v) is 7.17. The monoisotopic (exact) mass is 338 g/mol. The van der Waals surface area contributed by atoms with E-state index >= 15 is 0 Å². The quantitative estimate of drug-likeness (QED) is 0.854. The summed E-state index contributed by atoms with van der Waals surface area (Å²) in [5, 5.41) is 0. The predicted molar refractivity (Wildman–Crippen MR) is 96.1 cm³/mol. The zero-order valence-corrected chi connectivity index (χ0v) is 14.7. The van der Waals surface area contributed by atoms with Gasteiger partial charge in [0.25, 0.3) is 0 Å². The first kappa shape index (κ1) is 16.6. The van der Waals surface area contributed by atoms with Crippen molar-refractivity contribution >= 4 is 0 Å². The van der Waals surface area contributed by atoms with Gasteiger partial charge in [0, 0.05) is 61.5 Å². The largest absolute Gasteiger partial charge is 0.371 e. The van der Waals surface area contributed by atoms with Gasteiger partial charge in [-0.2, -0.15) is 0 Å². The molecule has 1 aliphatic carbocycles. The van der Waals surface area contributed by atoms with Gasteiger partial charge in [-0.1, -0.05) is 25.3 Å². The lowest BCUT2D eigenvalue weighted by Gasteiger charge is -2.33. The second-order valence-electron chi connectivity index (χ2n) is 7.17. The van der Waals surface area contributed by atoms with Crippen molar-refractivity contribution in [2.75, 3.05) is 19.7 Å². The Morgan fingerprint density at radius 3 is 2.68 bits per heavy atom. The Morgan fingerprint density at radius 1 is 1.08 bits per heavy atom. The van der Waals surface area contributed by atoms with Crippen LogP contribution in [0.25, 0.3) is 0 Å². The number of hydrogen-bond donors (Lipinski definition) is 0. The molecule has 2 aromatic rings. The fourth-order valence-corrected chi connectivity index (χ4v) is 3.89. The maximum absolute atomic E-state index is 5.92. The predicted octanol–water partition coefficient (Wildman–Crippen LogP) is 3.49. The first-order chi connectivity index (χ1) is 12.4. The van der Waals surface area contributed by atoms with Crippen molar-refractivity contribution in [2.24, 2.45) is 0 Å². The minimum Gasteiger partial charge on any atom is -0.371 e. The minimum absolute atomic E-state index is 0.102. The van der Waals surface area contributed by atoms with E-state index < -0.39 is 0 Å². The van der Waals surface area contributed by atoms with Crippen LogP contribution < -0.4 is 0 Å². The van der Waals surface area contributed by atoms with E-state index in [4.69, 9.17) is 4.74 Å². The van der Waals surface area contributed by atoms with Gasteiger partial charge in [0.1, 0.15) is 5.82 Å². The molecule has 132 valence electrons. The third-order valence-electron chi connectivity index (χ3n) is 5.31. The Kier molecular flexibility index (Phi) is 5.33. The Bertz CT molecular complexity index is 655. The average molecular weight is 338 g/mol. The Hall–Kier alpha value is -1.85. The van der Waals surface area contributed by atoms with E-state index in [1.165, 1.54) is 37.7 Å². The van der Waals surface area contributed by atoms with E-state index in [0.29, 0.717) is 5.92 Å². The second kappa shape index (κ2) is 8.02. The Balaban J connectivity index is 1.36. The van der Waals surface area contributed by atoms with Gasteiger partial charge < -0.3 is 4.74 Å². The molecule has 0 spiro atoms. The summed E-state index contributed by atoms with van der Waals surface area (Å²) in [6, 6.07) is 4.05. The minimum atomic E-state index is 0.102. The van der Waals surface area contributed by atoms with E-state index in [0.717, 1.165) is 37.6 Å². The van der Waals surface area contributed by atoms with Crippen LogP contribution in [0, 0.1) is 0 Å². The van der Waals surface area contributed by atoms with Crippen molar-refractivity contribution in [3.05, 3.63) is 53.9 Å². The molecule has 1 saturated heterocycles. The SMILES string of the molecule is c1cncc(C2CN(Cc3cnc(C4CCCCC4)nc3)CCO2)c1. The van der Waals surface area contributed by atoms with Gasteiger partial charge in [0.2, 0.25) is 0 Å². The highest BCUT2D eigenvalue weighted by atomic mass is 16.5. The molecule has 1 unspecified atom stereocenters. The zero-order chi connectivity index (χ0) is 16.9. The molecule has 1 aliphatic heterocycles. The highest BCUT2D eigenvalue weighted by molar-refractivity contribution is 5.14. The summed E-state index contributed by atoms with van der Waals surface area (Å²) in [5.74, 6) is 1.61. The van der Waals surface area contributed by atoms with Crippen molar-refractivity contribution in [3.8, 4) is 0 Å². The first-order valence-electron chi connectivity index (χ1n) is 9.43. The van der Waals surface area contributed by atoms with Gasteiger partial charge >= 0.3 is 0 Å². The van der Waals surface area contributed by atoms with E-state index in [2.05, 4.69) is 25.9 Å². The molecule has 0 radical (unpaired) electrons. The molecule has 5 nitrogen and oxygen atoms in total. The smallest absolute Gasteiger partial charge is 0.131 e. The molecule has 0 aromatic carbocycles. The van der Waals surface area contributed by atoms with Gasteiger partial charge in [-0.25, -0.2) is 9.97 Å². The molecule has 2 fully saturated rings. The summed E-state index contributed by atoms with van der Waals surface area (Å²) >= 11 is 0. The van der Waals surface area contributed by atoms with Crippen LogP contribution in [0.1, 0.15) is 61.1 Å². The number of nitrogens with zero attached hydrogens (tertiary/aromatic N) is 4. The maximum atomic E-state index is 5.92. The van der Waals surface area contributed by atoms with Crippen LogP contribution in [0.4, 0.5) is 0 Å². The fraction of sp³-hybridized carbons (Fsp3) is 0.550. The summed E-state index contributed by atoms with van der Waals surface area (Å²) in [6.07, 6.45) is 14.3. The number of ether oxygens (including phenoxy) is 1. The molecule has 1 atom stereocenters. The summed E-state index contributed by atoms with van der Waals surface area (Å²) < 4.78 is 5.92. The third-order valence-corrected chi connectivity index (χ3v) is 5.31. The summed E-state index contributed by atoms with van der Waals surface area (Å²) in [5.41, 5.74) is 2.34. The van der Waals surface area contributed by atoms with Crippen LogP contribution in [-0.4, -0.2) is 39.5 Å². The first-order valence-corrected chi connectivity index (χ1v) is 9.43. The Labute approximate surface area is 149 Å². The number of hydrogen-bond acceptors (Lipinski definition) is 5. The third kappa shape index (κ3) is 4.22. The normalized spacial score (nSPS) is 22.8. The molecule has 3 heterocycles. The molecule has 2 aliphatic rings. The molecule has 0 bridgehead atoms. The average Bonchev–Trinajstić information content (AvgIpc) is 2.70. The van der Waals surface area contributed by atoms with Crippen molar-refractivity contribution in [3.63, 3.8) is 0 Å². The van der Waals surface area contributed by atoms with E-state index in [1.807, 2.05) is 24.7 Å². The molecular weight excluding hydrogens is 312 g/mol. The Morgan fingerprint density at radius 2 is 1.92 bits per heavy atom. The lowest BCUT2D eigenvalue weighted by Crippen LogP contribution is -2.37. The molecule has 2 aromatic heterocycles. The number of pyridine rings is 1. The van der Waals surface area contributed by atoms with E-state index in [9.17, 15) is 0 Å². The molecule has 5 heteroatoms. The summed E-state index contributed by atoms with van der Waals surface area (Å²) in [4.78, 5) is 16.0. The zero-order valence-electron chi connectivity index (χ0n) is 14.7. The number of aromatic nitrogens is 3. The molecule has 25 heavy (non-hydrogen) atoms. The van der Waals surface area contributed by atoms with Crippen molar-refractivity contribution in [1.29, 1.82) is 0 Å². The topological polar surface area (TPSA) is 51.1 Å². The number of rotatable bonds is 4.